The maximum Gasteiger partial charge on any atom is 0.263 e. The predicted molar refractivity (Wildman–Crippen MR) is 141 cm³/mol. The third-order valence-electron chi connectivity index (χ3n) is 5.95. The van der Waals surface area contributed by atoms with Gasteiger partial charge in [-0.2, -0.15) is 0 Å². The van der Waals surface area contributed by atoms with Crippen LogP contribution >= 0.6 is 0 Å². The molecular formula is C28H32N2O5S. The van der Waals surface area contributed by atoms with E-state index in [1.54, 1.807) is 48.5 Å². The van der Waals surface area contributed by atoms with Gasteiger partial charge in [0.15, 0.2) is 6.10 Å². The van der Waals surface area contributed by atoms with E-state index in [0.717, 1.165) is 5.75 Å². The largest absolute Gasteiger partial charge is 0.492 e. The highest BCUT2D eigenvalue weighted by atomic mass is 32.2. The fraction of sp³-hybridized carbons (Fsp3) is 0.321. The number of rotatable bonds is 8. The fourth-order valence-electron chi connectivity index (χ4n) is 3.97. The molecule has 1 N–H and O–H groups in total. The van der Waals surface area contributed by atoms with Crippen molar-refractivity contribution in [3.8, 4) is 11.5 Å². The van der Waals surface area contributed by atoms with Gasteiger partial charge >= 0.3 is 0 Å². The number of hydrogen-bond donors (Lipinski definition) is 1. The first-order valence-electron chi connectivity index (χ1n) is 11.9. The molecule has 1 atom stereocenters. The maximum atomic E-state index is 13.3. The Morgan fingerprint density at radius 1 is 1.00 bits per heavy atom. The minimum absolute atomic E-state index is 0.0631. The lowest BCUT2D eigenvalue weighted by Gasteiger charge is -2.34. The molecule has 0 aliphatic carbocycles. The number of para-hydroxylation sites is 2. The van der Waals surface area contributed by atoms with Crippen LogP contribution in [-0.4, -0.2) is 40.1 Å². The molecule has 1 aliphatic rings. The van der Waals surface area contributed by atoms with Gasteiger partial charge in [0.2, 0.25) is 10.0 Å². The summed E-state index contributed by atoms with van der Waals surface area (Å²) >= 11 is 0. The fourth-order valence-corrected chi connectivity index (χ4v) is 5.56. The van der Waals surface area contributed by atoms with Crippen LogP contribution < -0.4 is 19.1 Å². The van der Waals surface area contributed by atoms with Crippen molar-refractivity contribution in [1.29, 1.82) is 0 Å². The molecule has 0 radical (unpaired) electrons. The number of nitrogens with one attached hydrogen (secondary N) is 1. The number of anilines is 1. The van der Waals surface area contributed by atoms with E-state index >= 15 is 0 Å². The first-order chi connectivity index (χ1) is 17.1. The summed E-state index contributed by atoms with van der Waals surface area (Å²) < 4.78 is 39.5. The van der Waals surface area contributed by atoms with Crippen LogP contribution in [0, 0.1) is 0 Å². The Morgan fingerprint density at radius 3 is 2.36 bits per heavy atom. The molecule has 0 spiro atoms. The number of carbonyl (C=O) groups is 1. The summed E-state index contributed by atoms with van der Waals surface area (Å²) in [5.74, 6) is 0.517. The van der Waals surface area contributed by atoms with Crippen molar-refractivity contribution in [2.24, 2.45) is 0 Å². The van der Waals surface area contributed by atoms with Gasteiger partial charge in [0.1, 0.15) is 18.1 Å². The van der Waals surface area contributed by atoms with Crippen LogP contribution in [-0.2, 0) is 26.0 Å². The Labute approximate surface area is 213 Å². The minimum atomic E-state index is -3.74. The number of benzene rings is 3. The van der Waals surface area contributed by atoms with Crippen LogP contribution in [0.5, 0.6) is 11.5 Å². The van der Waals surface area contributed by atoms with Gasteiger partial charge in [-0.05, 0) is 40.8 Å². The van der Waals surface area contributed by atoms with Gasteiger partial charge in [0.05, 0.1) is 24.5 Å². The molecule has 3 aromatic rings. The Kier molecular flexibility index (Phi) is 7.54. The van der Waals surface area contributed by atoms with Crippen LogP contribution in [0.15, 0.2) is 78.9 Å². The Bertz CT molecular complexity index is 1290. The number of ether oxygens (including phenoxy) is 2. The standard InChI is InChI=1S/C28H32N2O5S/c1-28(2,3)22-13-15-23(16-14-22)34-18-17-29-27(31)26-19-30(24-11-7-8-12-25(24)35-26)36(32,33)20-21-9-5-4-6-10-21/h4-16,26H,17-20H2,1-3H3,(H,29,31)/t26-/m0/s1. The molecule has 7 nitrogen and oxygen atoms in total. The van der Waals surface area contributed by atoms with Crippen LogP contribution in [0.4, 0.5) is 5.69 Å². The second-order valence-corrected chi connectivity index (χ2v) is 11.7. The Morgan fingerprint density at radius 2 is 1.67 bits per heavy atom. The SMILES string of the molecule is CC(C)(C)c1ccc(OCCNC(=O)[C@@H]2CN(S(=O)(=O)Cc3ccccc3)c3ccccc3O2)cc1. The molecule has 0 fully saturated rings. The van der Waals surface area contributed by atoms with Crippen LogP contribution in [0.1, 0.15) is 31.9 Å². The number of carbonyl (C=O) groups excluding carboxylic acids is 1. The second kappa shape index (κ2) is 10.6. The smallest absolute Gasteiger partial charge is 0.263 e. The van der Waals surface area contributed by atoms with Crippen LogP contribution in [0.3, 0.4) is 0 Å². The summed E-state index contributed by atoms with van der Waals surface area (Å²) in [4.78, 5) is 12.9. The van der Waals surface area contributed by atoms with Crippen LogP contribution in [0.2, 0.25) is 0 Å². The summed E-state index contributed by atoms with van der Waals surface area (Å²) in [6, 6.07) is 23.7. The topological polar surface area (TPSA) is 84.9 Å². The van der Waals surface area contributed by atoms with Crippen molar-refractivity contribution in [1.82, 2.24) is 5.32 Å². The van der Waals surface area contributed by atoms with E-state index in [2.05, 4.69) is 26.1 Å². The molecule has 36 heavy (non-hydrogen) atoms. The van der Waals surface area contributed by atoms with Gasteiger partial charge in [0, 0.05) is 0 Å². The lowest BCUT2D eigenvalue weighted by molar-refractivity contribution is -0.127. The molecule has 0 saturated heterocycles. The van der Waals surface area contributed by atoms with Crippen molar-refractivity contribution >= 4 is 21.6 Å². The predicted octanol–water partition coefficient (Wildman–Crippen LogP) is 4.28. The molecule has 1 heterocycles. The van der Waals surface area contributed by atoms with Crippen LogP contribution in [0.25, 0.3) is 0 Å². The van der Waals surface area contributed by atoms with Gasteiger partial charge in [-0.15, -0.1) is 0 Å². The molecule has 3 aromatic carbocycles. The maximum absolute atomic E-state index is 13.3. The zero-order chi connectivity index (χ0) is 25.8. The summed E-state index contributed by atoms with van der Waals surface area (Å²) in [7, 11) is -3.74. The molecule has 8 heteroatoms. The van der Waals surface area contributed by atoms with Crippen molar-refractivity contribution in [2.45, 2.75) is 38.0 Å². The quantitative estimate of drug-likeness (QED) is 0.459. The highest BCUT2D eigenvalue weighted by Crippen LogP contribution is 2.35. The van der Waals surface area contributed by atoms with Crippen molar-refractivity contribution in [3.05, 3.63) is 90.0 Å². The normalized spacial score (nSPS) is 15.5. The number of nitrogens with zero attached hydrogens (tertiary/aromatic N) is 1. The minimum Gasteiger partial charge on any atom is -0.492 e. The number of hydrogen-bond acceptors (Lipinski definition) is 5. The highest BCUT2D eigenvalue weighted by Gasteiger charge is 2.36. The van der Waals surface area contributed by atoms with E-state index in [0.29, 0.717) is 17.0 Å². The second-order valence-electron chi connectivity index (χ2n) is 9.76. The highest BCUT2D eigenvalue weighted by molar-refractivity contribution is 7.92. The van der Waals surface area contributed by atoms with Gasteiger partial charge in [0.25, 0.3) is 5.91 Å². The molecule has 1 amide bonds. The summed E-state index contributed by atoms with van der Waals surface area (Å²) in [5.41, 5.74) is 2.38. The van der Waals surface area contributed by atoms with Gasteiger partial charge in [-0.3, -0.25) is 9.10 Å². The summed E-state index contributed by atoms with van der Waals surface area (Å²) in [6.07, 6.45) is -0.975. The molecule has 0 aromatic heterocycles. The Hall–Kier alpha value is -3.52. The average Bonchev–Trinajstić information content (AvgIpc) is 2.86. The van der Waals surface area contributed by atoms with Crippen molar-refractivity contribution in [2.75, 3.05) is 24.0 Å². The number of amides is 1. The molecular weight excluding hydrogens is 476 g/mol. The zero-order valence-corrected chi connectivity index (χ0v) is 21.6. The molecule has 190 valence electrons. The molecule has 0 bridgehead atoms. The average molecular weight is 509 g/mol. The first kappa shape index (κ1) is 25.6. The van der Waals surface area contributed by atoms with E-state index in [-0.39, 0.29) is 30.9 Å². The van der Waals surface area contributed by atoms with Gasteiger partial charge < -0.3 is 14.8 Å². The number of fused-ring (bicyclic) bond motifs is 1. The summed E-state index contributed by atoms with van der Waals surface area (Å²) in [5, 5.41) is 2.80. The Balaban J connectivity index is 1.37. The molecule has 0 unspecified atom stereocenters. The van der Waals surface area contributed by atoms with Crippen molar-refractivity contribution in [3.63, 3.8) is 0 Å². The van der Waals surface area contributed by atoms with Crippen molar-refractivity contribution < 1.29 is 22.7 Å². The number of sulfonamides is 1. The third kappa shape index (κ3) is 6.18. The third-order valence-corrected chi connectivity index (χ3v) is 7.66. The van der Waals surface area contributed by atoms with E-state index in [1.165, 1.54) is 9.87 Å². The summed E-state index contributed by atoms with van der Waals surface area (Å²) in [6.45, 7) is 6.89. The van der Waals surface area contributed by atoms with E-state index in [1.807, 2.05) is 30.3 Å². The lowest BCUT2D eigenvalue weighted by Crippen LogP contribution is -2.51. The first-order valence-corrected chi connectivity index (χ1v) is 13.6. The van der Waals surface area contributed by atoms with Gasteiger partial charge in [-0.1, -0.05) is 75.4 Å². The molecule has 1 aliphatic heterocycles. The zero-order valence-electron chi connectivity index (χ0n) is 20.8. The lowest BCUT2D eigenvalue weighted by atomic mass is 9.87. The monoisotopic (exact) mass is 508 g/mol. The van der Waals surface area contributed by atoms with Gasteiger partial charge in [-0.25, -0.2) is 8.42 Å². The van der Waals surface area contributed by atoms with E-state index in [4.69, 9.17) is 9.47 Å². The molecule has 4 rings (SSSR count). The van der Waals surface area contributed by atoms with E-state index < -0.39 is 22.0 Å². The van der Waals surface area contributed by atoms with E-state index in [9.17, 15) is 13.2 Å². The molecule has 0 saturated carbocycles.